The molecular formula is C12H18BrNO2. The topological polar surface area (TPSA) is 55.5 Å². The molecule has 16 heavy (non-hydrogen) atoms. The molecule has 0 saturated carbocycles. The molecule has 0 atom stereocenters. The van der Waals surface area contributed by atoms with E-state index in [4.69, 9.17) is 5.90 Å². The molecule has 0 fully saturated rings. The summed E-state index contributed by atoms with van der Waals surface area (Å²) in [5.41, 5.74) is 2.90. The van der Waals surface area contributed by atoms with Crippen molar-refractivity contribution in [1.29, 1.82) is 0 Å². The summed E-state index contributed by atoms with van der Waals surface area (Å²) in [5.74, 6) is 5.67. The van der Waals surface area contributed by atoms with Gasteiger partial charge in [-0.15, -0.1) is 0 Å². The van der Waals surface area contributed by atoms with Crippen LogP contribution in [0.2, 0.25) is 0 Å². The summed E-state index contributed by atoms with van der Waals surface area (Å²) in [6.45, 7) is 6.49. The molecule has 0 heterocycles. The number of aromatic hydroxyl groups is 1. The Kier molecular flexibility index (Phi) is 4.77. The summed E-state index contributed by atoms with van der Waals surface area (Å²) < 4.78 is 1.01. The minimum Gasteiger partial charge on any atom is -0.507 e. The summed E-state index contributed by atoms with van der Waals surface area (Å²) in [6, 6.07) is 1.97. The van der Waals surface area contributed by atoms with E-state index in [1.165, 1.54) is 0 Å². The van der Waals surface area contributed by atoms with Crippen molar-refractivity contribution >= 4 is 15.9 Å². The van der Waals surface area contributed by atoms with Crippen molar-refractivity contribution in [3.8, 4) is 5.75 Å². The fourth-order valence-corrected chi connectivity index (χ4v) is 2.20. The van der Waals surface area contributed by atoms with Crippen LogP contribution in [0.25, 0.3) is 0 Å². The second-order valence-corrected chi connectivity index (χ2v) is 5.03. The Morgan fingerprint density at radius 3 is 2.62 bits per heavy atom. The molecule has 3 nitrogen and oxygen atoms in total. The van der Waals surface area contributed by atoms with Crippen molar-refractivity contribution in [1.82, 2.24) is 0 Å². The lowest BCUT2D eigenvalue weighted by Gasteiger charge is -2.16. The van der Waals surface area contributed by atoms with E-state index in [9.17, 15) is 5.11 Å². The predicted octanol–water partition coefficient (Wildman–Crippen LogP) is 3.02. The molecule has 0 unspecified atom stereocenters. The van der Waals surface area contributed by atoms with Crippen molar-refractivity contribution in [2.45, 2.75) is 33.1 Å². The van der Waals surface area contributed by atoms with Gasteiger partial charge in [0.25, 0.3) is 0 Å². The van der Waals surface area contributed by atoms with Crippen molar-refractivity contribution in [3.05, 3.63) is 27.2 Å². The van der Waals surface area contributed by atoms with Crippen LogP contribution in [0.15, 0.2) is 10.5 Å². The fourth-order valence-electron chi connectivity index (χ4n) is 1.72. The smallest absolute Gasteiger partial charge is 0.122 e. The first-order valence-corrected chi connectivity index (χ1v) is 6.10. The molecule has 0 amide bonds. The van der Waals surface area contributed by atoms with Crippen LogP contribution in [0, 0.1) is 6.92 Å². The zero-order valence-corrected chi connectivity index (χ0v) is 11.5. The van der Waals surface area contributed by atoms with Gasteiger partial charge in [0, 0.05) is 16.5 Å². The molecule has 90 valence electrons. The van der Waals surface area contributed by atoms with Gasteiger partial charge in [0.15, 0.2) is 0 Å². The molecule has 0 aliphatic heterocycles. The van der Waals surface area contributed by atoms with Gasteiger partial charge in [-0.05, 0) is 30.0 Å². The zero-order valence-electron chi connectivity index (χ0n) is 9.88. The number of hydrogen-bond donors (Lipinski definition) is 2. The molecule has 1 aromatic rings. The minimum absolute atomic E-state index is 0.287. The van der Waals surface area contributed by atoms with Crippen LogP contribution >= 0.6 is 15.9 Å². The van der Waals surface area contributed by atoms with E-state index in [-0.39, 0.29) is 5.92 Å². The molecule has 0 aliphatic carbocycles. The standard InChI is InChI=1S/C12H18BrNO2/c1-7(2)10-6-11(13)8(3)9(12(10)15)4-5-16-14/h6-7,15H,4-5,14H2,1-3H3. The maximum atomic E-state index is 10.2. The molecule has 1 aromatic carbocycles. The van der Waals surface area contributed by atoms with Gasteiger partial charge >= 0.3 is 0 Å². The Bertz CT molecular complexity index is 378. The molecule has 3 N–H and O–H groups in total. The molecule has 0 aromatic heterocycles. The van der Waals surface area contributed by atoms with E-state index in [0.29, 0.717) is 18.8 Å². The minimum atomic E-state index is 0.287. The highest BCUT2D eigenvalue weighted by atomic mass is 79.9. The van der Waals surface area contributed by atoms with Gasteiger partial charge in [0.2, 0.25) is 0 Å². The van der Waals surface area contributed by atoms with E-state index in [1.807, 2.05) is 13.0 Å². The Morgan fingerprint density at radius 1 is 1.50 bits per heavy atom. The number of rotatable bonds is 4. The number of nitrogens with two attached hydrogens (primary N) is 1. The Balaban J connectivity index is 3.22. The lowest BCUT2D eigenvalue weighted by atomic mass is 9.95. The van der Waals surface area contributed by atoms with Crippen LogP contribution in [0.3, 0.4) is 0 Å². The van der Waals surface area contributed by atoms with Crippen molar-refractivity contribution in [2.75, 3.05) is 6.61 Å². The average molecular weight is 288 g/mol. The molecule has 0 aliphatic rings. The second kappa shape index (κ2) is 5.66. The summed E-state index contributed by atoms with van der Waals surface area (Å²) in [5, 5.41) is 10.2. The largest absolute Gasteiger partial charge is 0.507 e. The summed E-state index contributed by atoms with van der Waals surface area (Å²) in [7, 11) is 0. The van der Waals surface area contributed by atoms with Crippen LogP contribution in [-0.4, -0.2) is 11.7 Å². The summed E-state index contributed by atoms with van der Waals surface area (Å²) >= 11 is 3.51. The predicted molar refractivity (Wildman–Crippen MR) is 68.5 cm³/mol. The maximum Gasteiger partial charge on any atom is 0.122 e. The molecule has 0 spiro atoms. The maximum absolute atomic E-state index is 10.2. The normalized spacial score (nSPS) is 11.1. The highest BCUT2D eigenvalue weighted by Gasteiger charge is 2.15. The monoisotopic (exact) mass is 287 g/mol. The summed E-state index contributed by atoms with van der Waals surface area (Å²) in [4.78, 5) is 4.57. The van der Waals surface area contributed by atoms with Crippen LogP contribution < -0.4 is 5.90 Å². The first-order valence-electron chi connectivity index (χ1n) is 5.31. The fraction of sp³-hybridized carbons (Fsp3) is 0.500. The zero-order chi connectivity index (χ0) is 12.3. The van der Waals surface area contributed by atoms with Crippen molar-refractivity contribution < 1.29 is 9.94 Å². The van der Waals surface area contributed by atoms with E-state index in [0.717, 1.165) is 21.2 Å². The third kappa shape index (κ3) is 2.75. The highest BCUT2D eigenvalue weighted by molar-refractivity contribution is 9.10. The number of halogens is 1. The average Bonchev–Trinajstić information content (AvgIpc) is 2.23. The van der Waals surface area contributed by atoms with Crippen molar-refractivity contribution in [3.63, 3.8) is 0 Å². The van der Waals surface area contributed by atoms with Gasteiger partial charge in [-0.25, -0.2) is 5.90 Å². The van der Waals surface area contributed by atoms with Crippen molar-refractivity contribution in [2.24, 2.45) is 5.90 Å². The Hall–Kier alpha value is -0.580. The van der Waals surface area contributed by atoms with Gasteiger partial charge in [-0.1, -0.05) is 29.8 Å². The van der Waals surface area contributed by atoms with Gasteiger partial charge < -0.3 is 9.94 Å². The third-order valence-corrected chi connectivity index (χ3v) is 3.57. The SMILES string of the molecule is Cc1c(Br)cc(C(C)C)c(O)c1CCON. The van der Waals surface area contributed by atoms with Crippen LogP contribution in [0.1, 0.15) is 36.5 Å². The molecule has 0 bridgehead atoms. The van der Waals surface area contributed by atoms with Gasteiger partial charge in [0.1, 0.15) is 5.75 Å². The number of hydrogen-bond acceptors (Lipinski definition) is 3. The molecular weight excluding hydrogens is 270 g/mol. The molecule has 0 radical (unpaired) electrons. The van der Waals surface area contributed by atoms with Gasteiger partial charge in [0.05, 0.1) is 6.61 Å². The third-order valence-electron chi connectivity index (χ3n) is 2.74. The van der Waals surface area contributed by atoms with E-state index in [2.05, 4.69) is 34.6 Å². The molecule has 1 rings (SSSR count). The molecule has 0 saturated heterocycles. The highest BCUT2D eigenvalue weighted by Crippen LogP contribution is 2.36. The number of benzene rings is 1. The first-order chi connectivity index (χ1) is 7.49. The summed E-state index contributed by atoms with van der Waals surface area (Å²) in [6.07, 6.45) is 0.618. The van der Waals surface area contributed by atoms with E-state index < -0.39 is 0 Å². The lowest BCUT2D eigenvalue weighted by molar-refractivity contribution is 0.140. The molecule has 4 heteroatoms. The number of phenols is 1. The van der Waals surface area contributed by atoms with Gasteiger partial charge in [-0.3, -0.25) is 0 Å². The quantitative estimate of drug-likeness (QED) is 0.837. The number of phenolic OH excluding ortho intramolecular Hbond substituents is 1. The second-order valence-electron chi connectivity index (χ2n) is 4.18. The first kappa shape index (κ1) is 13.5. The van der Waals surface area contributed by atoms with E-state index in [1.54, 1.807) is 0 Å². The van der Waals surface area contributed by atoms with Crippen LogP contribution in [0.5, 0.6) is 5.75 Å². The Labute approximate surface area is 105 Å². The van der Waals surface area contributed by atoms with Crippen LogP contribution in [0.4, 0.5) is 0 Å². The van der Waals surface area contributed by atoms with Gasteiger partial charge in [-0.2, -0.15) is 0 Å². The Morgan fingerprint density at radius 2 is 2.12 bits per heavy atom. The van der Waals surface area contributed by atoms with Crippen LogP contribution in [-0.2, 0) is 11.3 Å². The van der Waals surface area contributed by atoms with E-state index >= 15 is 0 Å². The lowest BCUT2D eigenvalue weighted by Crippen LogP contribution is -2.06.